The average molecular weight is 251 g/mol. The van der Waals surface area contributed by atoms with Crippen LogP contribution in [0.1, 0.15) is 58.8 Å². The van der Waals surface area contributed by atoms with Crippen molar-refractivity contribution in [2.45, 2.75) is 64.4 Å². The number of likely N-dealkylation sites (tertiary alicyclic amines) is 1. The molecule has 104 valence electrons. The van der Waals surface area contributed by atoms with Crippen molar-refractivity contribution in [3.63, 3.8) is 0 Å². The second-order valence-electron chi connectivity index (χ2n) is 7.51. The van der Waals surface area contributed by atoms with Gasteiger partial charge in [-0.15, -0.1) is 0 Å². The quantitative estimate of drug-likeness (QED) is 0.830. The van der Waals surface area contributed by atoms with Crippen LogP contribution in [0, 0.1) is 17.3 Å². The van der Waals surface area contributed by atoms with E-state index in [1.807, 2.05) is 0 Å². The topological polar surface area (TPSA) is 23.5 Å². The lowest BCUT2D eigenvalue weighted by Crippen LogP contribution is -2.49. The Morgan fingerprint density at radius 2 is 1.78 bits per heavy atom. The Labute approximate surface area is 112 Å². The maximum absolute atomic E-state index is 11.2. The molecule has 1 heterocycles. The molecule has 0 radical (unpaired) electrons. The van der Waals surface area contributed by atoms with Crippen molar-refractivity contribution in [3.05, 3.63) is 0 Å². The minimum absolute atomic E-state index is 0.154. The Morgan fingerprint density at radius 1 is 1.11 bits per heavy atom. The zero-order valence-electron chi connectivity index (χ0n) is 12.1. The van der Waals surface area contributed by atoms with Crippen LogP contribution in [-0.4, -0.2) is 35.2 Å². The van der Waals surface area contributed by atoms with Gasteiger partial charge in [-0.3, -0.25) is 0 Å². The van der Waals surface area contributed by atoms with Crippen molar-refractivity contribution in [3.8, 4) is 0 Å². The Balaban J connectivity index is 1.57. The molecule has 2 aliphatic carbocycles. The molecule has 0 amide bonds. The predicted octanol–water partition coefficient (Wildman–Crippen LogP) is 3.05. The van der Waals surface area contributed by atoms with Gasteiger partial charge in [0.15, 0.2) is 0 Å². The Morgan fingerprint density at radius 3 is 2.39 bits per heavy atom. The molecule has 2 nitrogen and oxygen atoms in total. The SMILES string of the molecule is CC1(C)[C@H]2CC[C@@H](C2)[C@]1(O)CCCN1CCCC1. The average Bonchev–Trinajstić information content (AvgIpc) is 3.01. The fourth-order valence-electron chi connectivity index (χ4n) is 5.06. The first kappa shape index (κ1) is 12.9. The monoisotopic (exact) mass is 251 g/mol. The van der Waals surface area contributed by atoms with Gasteiger partial charge in [0.1, 0.15) is 0 Å². The van der Waals surface area contributed by atoms with Crippen molar-refractivity contribution in [1.82, 2.24) is 4.90 Å². The molecular weight excluding hydrogens is 222 g/mol. The van der Waals surface area contributed by atoms with Crippen LogP contribution in [-0.2, 0) is 0 Å². The summed E-state index contributed by atoms with van der Waals surface area (Å²) in [5.41, 5.74) is -0.212. The number of fused-ring (bicyclic) bond motifs is 2. The smallest absolute Gasteiger partial charge is 0.0729 e. The highest BCUT2D eigenvalue weighted by molar-refractivity contribution is 5.11. The summed E-state index contributed by atoms with van der Waals surface area (Å²) in [7, 11) is 0. The molecule has 3 atom stereocenters. The van der Waals surface area contributed by atoms with E-state index in [4.69, 9.17) is 0 Å². The molecule has 1 saturated heterocycles. The zero-order chi connectivity index (χ0) is 12.8. The summed E-state index contributed by atoms with van der Waals surface area (Å²) in [5.74, 6) is 1.37. The molecule has 2 heteroatoms. The standard InChI is InChI=1S/C16H29NO/c1-15(2)13-6-7-14(12-13)16(15,18)8-5-11-17-9-3-4-10-17/h13-14,18H,3-12H2,1-2H3/t13-,14-,16+/m0/s1. The van der Waals surface area contributed by atoms with Crippen LogP contribution in [0.5, 0.6) is 0 Å². The zero-order valence-corrected chi connectivity index (χ0v) is 12.1. The van der Waals surface area contributed by atoms with Crippen LogP contribution < -0.4 is 0 Å². The van der Waals surface area contributed by atoms with Crippen LogP contribution in [0.2, 0.25) is 0 Å². The molecule has 1 N–H and O–H groups in total. The molecular formula is C16H29NO. The molecule has 0 aromatic carbocycles. The molecule has 3 aliphatic rings. The molecule has 0 spiro atoms. The van der Waals surface area contributed by atoms with Crippen molar-refractivity contribution in [1.29, 1.82) is 0 Å². The molecule has 3 fully saturated rings. The normalized spacial score (nSPS) is 42.8. The first-order valence-electron chi connectivity index (χ1n) is 7.99. The molecule has 1 aliphatic heterocycles. The van der Waals surface area contributed by atoms with Gasteiger partial charge in [-0.1, -0.05) is 13.8 Å². The van der Waals surface area contributed by atoms with E-state index in [1.165, 1.54) is 58.2 Å². The van der Waals surface area contributed by atoms with Crippen LogP contribution in [0.4, 0.5) is 0 Å². The first-order valence-corrected chi connectivity index (χ1v) is 7.99. The van der Waals surface area contributed by atoms with Gasteiger partial charge in [-0.2, -0.15) is 0 Å². The third kappa shape index (κ3) is 1.84. The Hall–Kier alpha value is -0.0800. The maximum Gasteiger partial charge on any atom is 0.0729 e. The van der Waals surface area contributed by atoms with Crippen molar-refractivity contribution in [2.24, 2.45) is 17.3 Å². The number of nitrogens with zero attached hydrogens (tertiary/aromatic N) is 1. The van der Waals surface area contributed by atoms with Crippen molar-refractivity contribution in [2.75, 3.05) is 19.6 Å². The fraction of sp³-hybridized carbons (Fsp3) is 1.00. The van der Waals surface area contributed by atoms with E-state index in [2.05, 4.69) is 18.7 Å². The molecule has 0 unspecified atom stereocenters. The number of aliphatic hydroxyl groups is 1. The van der Waals surface area contributed by atoms with E-state index in [-0.39, 0.29) is 11.0 Å². The fourth-order valence-corrected chi connectivity index (χ4v) is 5.06. The van der Waals surface area contributed by atoms with Crippen LogP contribution in [0.25, 0.3) is 0 Å². The summed E-state index contributed by atoms with van der Waals surface area (Å²) >= 11 is 0. The predicted molar refractivity (Wildman–Crippen MR) is 74.5 cm³/mol. The van der Waals surface area contributed by atoms with Gasteiger partial charge in [-0.05, 0) is 81.8 Å². The summed E-state index contributed by atoms with van der Waals surface area (Å²) in [6.45, 7) is 8.40. The van der Waals surface area contributed by atoms with Crippen LogP contribution >= 0.6 is 0 Å². The van der Waals surface area contributed by atoms with Crippen molar-refractivity contribution < 1.29 is 5.11 Å². The van der Waals surface area contributed by atoms with Crippen LogP contribution in [0.15, 0.2) is 0 Å². The lowest BCUT2D eigenvalue weighted by molar-refractivity contribution is -0.113. The van der Waals surface area contributed by atoms with E-state index >= 15 is 0 Å². The number of hydrogen-bond acceptors (Lipinski definition) is 2. The van der Waals surface area contributed by atoms with E-state index in [9.17, 15) is 5.11 Å². The highest BCUT2D eigenvalue weighted by Crippen LogP contribution is 2.62. The second-order valence-corrected chi connectivity index (χ2v) is 7.51. The minimum atomic E-state index is -0.365. The highest BCUT2D eigenvalue weighted by Gasteiger charge is 2.61. The minimum Gasteiger partial charge on any atom is -0.389 e. The maximum atomic E-state index is 11.2. The van der Waals surface area contributed by atoms with Gasteiger partial charge in [0.2, 0.25) is 0 Å². The summed E-state index contributed by atoms with van der Waals surface area (Å²) in [6.07, 6.45) is 8.87. The molecule has 3 rings (SSSR count). The summed E-state index contributed by atoms with van der Waals surface area (Å²) < 4.78 is 0. The third-order valence-corrected chi connectivity index (χ3v) is 6.48. The molecule has 18 heavy (non-hydrogen) atoms. The molecule has 0 aromatic heterocycles. The van der Waals surface area contributed by atoms with Gasteiger partial charge in [0.05, 0.1) is 5.60 Å². The first-order chi connectivity index (χ1) is 8.54. The lowest BCUT2D eigenvalue weighted by atomic mass is 9.63. The lowest BCUT2D eigenvalue weighted by Gasteiger charge is -2.46. The van der Waals surface area contributed by atoms with Gasteiger partial charge >= 0.3 is 0 Å². The van der Waals surface area contributed by atoms with E-state index in [0.717, 1.165) is 12.3 Å². The largest absolute Gasteiger partial charge is 0.389 e. The van der Waals surface area contributed by atoms with Gasteiger partial charge in [0, 0.05) is 0 Å². The third-order valence-electron chi connectivity index (χ3n) is 6.48. The summed E-state index contributed by atoms with van der Waals surface area (Å²) in [6, 6.07) is 0. The Kier molecular flexibility index (Phi) is 3.22. The highest BCUT2D eigenvalue weighted by atomic mass is 16.3. The Bertz CT molecular complexity index is 308. The van der Waals surface area contributed by atoms with Gasteiger partial charge < -0.3 is 10.0 Å². The second kappa shape index (κ2) is 4.49. The summed E-state index contributed by atoms with van der Waals surface area (Å²) in [5, 5.41) is 11.2. The number of rotatable bonds is 4. The van der Waals surface area contributed by atoms with Crippen LogP contribution in [0.3, 0.4) is 0 Å². The molecule has 2 saturated carbocycles. The van der Waals surface area contributed by atoms with Gasteiger partial charge in [0.25, 0.3) is 0 Å². The summed E-state index contributed by atoms with van der Waals surface area (Å²) in [4.78, 5) is 2.57. The van der Waals surface area contributed by atoms with E-state index in [0.29, 0.717) is 5.92 Å². The molecule has 0 aromatic rings. The van der Waals surface area contributed by atoms with Gasteiger partial charge in [-0.25, -0.2) is 0 Å². The van der Waals surface area contributed by atoms with E-state index < -0.39 is 0 Å². The number of hydrogen-bond donors (Lipinski definition) is 1. The van der Waals surface area contributed by atoms with E-state index in [1.54, 1.807) is 0 Å². The molecule has 2 bridgehead atoms. The van der Waals surface area contributed by atoms with Crippen molar-refractivity contribution >= 4 is 0 Å².